The second kappa shape index (κ2) is 17.3. The molecule has 0 saturated carbocycles. The van der Waals surface area contributed by atoms with Gasteiger partial charge in [-0.25, -0.2) is 0 Å². The van der Waals surface area contributed by atoms with E-state index in [1.165, 1.54) is 29.6 Å². The van der Waals surface area contributed by atoms with Crippen LogP contribution >= 0.6 is 0 Å². The number of rotatable bonds is 8. The van der Waals surface area contributed by atoms with Gasteiger partial charge in [0.05, 0.1) is 7.11 Å². The first-order valence-corrected chi connectivity index (χ1v) is 16.2. The zero-order valence-corrected chi connectivity index (χ0v) is 28.8. The normalized spacial score (nSPS) is 16.4. The third-order valence-electron chi connectivity index (χ3n) is 9.17. The molecule has 6 nitrogen and oxygen atoms in total. The molecule has 0 spiro atoms. The molecule has 2 heterocycles. The van der Waals surface area contributed by atoms with Crippen molar-refractivity contribution in [3.8, 4) is 0 Å². The summed E-state index contributed by atoms with van der Waals surface area (Å²) < 4.78 is 4.72. The molecule has 2 aromatic rings. The Morgan fingerprint density at radius 2 is 1.02 bits per heavy atom. The number of carboxylic acid groups (broad SMARTS) is 1. The Kier molecular flexibility index (Phi) is 14.9. The fourth-order valence-corrected chi connectivity index (χ4v) is 6.05. The summed E-state index contributed by atoms with van der Waals surface area (Å²) in [7, 11) is 1.46. The van der Waals surface area contributed by atoms with Gasteiger partial charge in [0.2, 0.25) is 0 Å². The van der Waals surface area contributed by atoms with E-state index < -0.39 is 5.97 Å². The van der Waals surface area contributed by atoms with Gasteiger partial charge in [-0.2, -0.15) is 0 Å². The van der Waals surface area contributed by atoms with Crippen LogP contribution in [0.15, 0.2) is 48.5 Å². The maximum atomic E-state index is 11.2. The summed E-state index contributed by atoms with van der Waals surface area (Å²) in [5.41, 5.74) is 5.73. The van der Waals surface area contributed by atoms with Crippen LogP contribution in [0.1, 0.15) is 104 Å². The van der Waals surface area contributed by atoms with Crippen molar-refractivity contribution in [1.29, 1.82) is 0 Å². The number of methoxy groups -OCH3 is 1. The largest absolute Gasteiger partial charge is 1.00 e. The maximum absolute atomic E-state index is 11.2. The number of hydrogen-bond acceptors (Lipinski definition) is 6. The Morgan fingerprint density at radius 3 is 1.32 bits per heavy atom. The number of carbonyl (C=O) groups is 2. The van der Waals surface area contributed by atoms with Crippen LogP contribution in [0.3, 0.4) is 0 Å². The zero-order valence-electron chi connectivity index (χ0n) is 28.8. The van der Waals surface area contributed by atoms with Crippen molar-refractivity contribution in [1.82, 2.24) is 0 Å². The third-order valence-corrected chi connectivity index (χ3v) is 9.17. The summed E-state index contributed by atoms with van der Waals surface area (Å²) in [5.74, 6) is 0.188. The minimum absolute atomic E-state index is 0. The number of carbonyl (C=O) groups excluding carboxylic acids is 2. The Labute approximate surface area is 279 Å². The molecule has 0 N–H and O–H groups in total. The van der Waals surface area contributed by atoms with Gasteiger partial charge in [0.25, 0.3) is 0 Å². The van der Waals surface area contributed by atoms with E-state index in [2.05, 4.69) is 99.9 Å². The Bertz CT molecular complexity index is 1140. The molecule has 2 aliphatic heterocycles. The predicted octanol–water partition coefficient (Wildman–Crippen LogP) is 3.89. The average Bonchev–Trinajstić information content (AvgIpc) is 2.99. The van der Waals surface area contributed by atoms with Crippen LogP contribution in [0.4, 0.5) is 11.4 Å². The van der Waals surface area contributed by atoms with E-state index in [-0.39, 0.29) is 42.1 Å². The number of anilines is 2. The molecule has 2 fully saturated rings. The van der Waals surface area contributed by atoms with Gasteiger partial charge in [-0.3, -0.25) is 4.79 Å². The Balaban J connectivity index is 0.000000300. The molecule has 4 rings (SSSR count). The minimum atomic E-state index is -0.921. The van der Waals surface area contributed by atoms with E-state index in [9.17, 15) is 14.7 Å². The van der Waals surface area contributed by atoms with E-state index in [4.69, 9.17) is 4.74 Å². The number of nitrogens with zero attached hydrogens (tertiary/aromatic N) is 2. The van der Waals surface area contributed by atoms with Crippen LogP contribution in [0.5, 0.6) is 0 Å². The molecule has 44 heavy (non-hydrogen) atoms. The molecule has 7 heteroatoms. The number of ether oxygens (including phenoxy) is 1. The minimum Gasteiger partial charge on any atom is -0.550 e. The van der Waals surface area contributed by atoms with Gasteiger partial charge in [0.1, 0.15) is 0 Å². The number of piperidine rings is 2. The van der Waals surface area contributed by atoms with E-state index in [1.807, 2.05) is 0 Å². The second-order valence-corrected chi connectivity index (χ2v) is 14.5. The first-order valence-electron chi connectivity index (χ1n) is 16.2. The molecule has 0 atom stereocenters. The molecule has 0 bridgehead atoms. The van der Waals surface area contributed by atoms with Gasteiger partial charge in [0.15, 0.2) is 0 Å². The number of aliphatic carboxylic acids is 1. The summed E-state index contributed by atoms with van der Waals surface area (Å²) >= 11 is 0. The first-order chi connectivity index (χ1) is 20.3. The predicted molar refractivity (Wildman–Crippen MR) is 176 cm³/mol. The molecule has 0 aliphatic carbocycles. The van der Waals surface area contributed by atoms with Gasteiger partial charge >= 0.3 is 24.8 Å². The van der Waals surface area contributed by atoms with Crippen LogP contribution in [0, 0.1) is 11.8 Å². The molecular weight excluding hydrogens is 543 g/mol. The van der Waals surface area contributed by atoms with Crippen LogP contribution in [-0.4, -0.2) is 45.2 Å². The van der Waals surface area contributed by atoms with E-state index in [0.717, 1.165) is 64.7 Å². The maximum Gasteiger partial charge on any atom is 1.00 e. The summed E-state index contributed by atoms with van der Waals surface area (Å²) in [6.07, 6.45) is 6.97. The van der Waals surface area contributed by atoms with Gasteiger partial charge < -0.3 is 24.4 Å². The van der Waals surface area contributed by atoms with Gasteiger partial charge in [0, 0.05) is 49.9 Å². The number of carboxylic acids is 1. The van der Waals surface area contributed by atoms with E-state index in [0.29, 0.717) is 18.3 Å². The molecule has 2 aliphatic rings. The van der Waals surface area contributed by atoms with Gasteiger partial charge in [-0.05, 0) is 103 Å². The standard InChI is InChI=1S/C19H29NO2.C18H27NO2.Li/c1-19(2,3)16-6-8-17(9-7-16)20-13-11-15(12-14-20)5-10-18(21)22-4;1-18(2,3)15-5-7-16(8-6-15)19-12-10-14(11-13-19)4-9-17(20)21;/h6-9,15H,5,10-14H2,1-4H3;5-8,14H,4,9-13H2,1-3H3,(H,20,21);/q;;+1/p-1. The van der Waals surface area contributed by atoms with E-state index in [1.54, 1.807) is 0 Å². The first kappa shape index (κ1) is 37.8. The van der Waals surface area contributed by atoms with Crippen LogP contribution in [-0.2, 0) is 25.2 Å². The van der Waals surface area contributed by atoms with Crippen molar-refractivity contribution in [3.63, 3.8) is 0 Å². The number of benzene rings is 2. The molecule has 238 valence electrons. The monoisotopic (exact) mass is 598 g/mol. The number of hydrogen-bond donors (Lipinski definition) is 0. The molecule has 0 unspecified atom stereocenters. The number of esters is 1. The molecule has 0 radical (unpaired) electrons. The topological polar surface area (TPSA) is 72.9 Å². The molecule has 0 aromatic heterocycles. The summed E-state index contributed by atoms with van der Waals surface area (Å²) in [6.45, 7) is 17.6. The fraction of sp³-hybridized carbons (Fsp3) is 0.622. The second-order valence-electron chi connectivity index (χ2n) is 14.5. The SMILES string of the molecule is CC(C)(C)c1ccc(N2CCC(CCC(=O)[O-])CC2)cc1.COC(=O)CCC1CCN(c2ccc(C(C)(C)C)cc2)CC1.[Li+]. The summed E-state index contributed by atoms with van der Waals surface area (Å²) in [4.78, 5) is 26.6. The fourth-order valence-electron chi connectivity index (χ4n) is 6.05. The summed E-state index contributed by atoms with van der Waals surface area (Å²) in [6, 6.07) is 17.8. The Morgan fingerprint density at radius 1 is 0.682 bits per heavy atom. The van der Waals surface area contributed by atoms with E-state index >= 15 is 0 Å². The molecule has 0 amide bonds. The van der Waals surface area contributed by atoms with Crippen molar-refractivity contribution in [2.24, 2.45) is 11.8 Å². The Hall–Kier alpha value is -2.42. The van der Waals surface area contributed by atoms with Crippen LogP contribution in [0.2, 0.25) is 0 Å². The van der Waals surface area contributed by atoms with Crippen LogP contribution < -0.4 is 33.8 Å². The van der Waals surface area contributed by atoms with Crippen molar-refractivity contribution >= 4 is 23.3 Å². The van der Waals surface area contributed by atoms with Crippen LogP contribution in [0.25, 0.3) is 0 Å². The average molecular weight is 599 g/mol. The van der Waals surface area contributed by atoms with Crippen molar-refractivity contribution in [2.75, 3.05) is 43.1 Å². The molecular formula is C37H55LiN2O4. The molecule has 2 aromatic carbocycles. The third kappa shape index (κ3) is 12.2. The quantitative estimate of drug-likeness (QED) is 0.339. The zero-order chi connectivity index (χ0) is 31.6. The van der Waals surface area contributed by atoms with Gasteiger partial charge in [-0.15, -0.1) is 0 Å². The van der Waals surface area contributed by atoms with Gasteiger partial charge in [-0.1, -0.05) is 65.8 Å². The summed E-state index contributed by atoms with van der Waals surface area (Å²) in [5, 5.41) is 10.5. The van der Waals surface area contributed by atoms with Crippen molar-refractivity contribution < 1.29 is 38.3 Å². The molecule has 2 saturated heterocycles. The van der Waals surface area contributed by atoms with Crippen molar-refractivity contribution in [2.45, 2.75) is 104 Å². The van der Waals surface area contributed by atoms with Crippen molar-refractivity contribution in [3.05, 3.63) is 59.7 Å². The smallest absolute Gasteiger partial charge is 0.550 e.